The summed E-state index contributed by atoms with van der Waals surface area (Å²) in [6.07, 6.45) is 10.9. The van der Waals surface area contributed by atoms with E-state index in [0.717, 1.165) is 38.5 Å². The van der Waals surface area contributed by atoms with Crippen molar-refractivity contribution in [2.24, 2.45) is 5.73 Å². The van der Waals surface area contributed by atoms with Crippen molar-refractivity contribution < 1.29 is 4.79 Å². The van der Waals surface area contributed by atoms with E-state index in [-0.39, 0.29) is 5.91 Å². The third kappa shape index (κ3) is 6.71. The van der Waals surface area contributed by atoms with Crippen LogP contribution in [0.5, 0.6) is 0 Å². The van der Waals surface area contributed by atoms with Crippen LogP contribution in [0.2, 0.25) is 0 Å². The van der Waals surface area contributed by atoms with Crippen LogP contribution in [0.25, 0.3) is 0 Å². The van der Waals surface area contributed by atoms with Crippen molar-refractivity contribution in [2.75, 3.05) is 33.7 Å². The van der Waals surface area contributed by atoms with Crippen LogP contribution >= 0.6 is 0 Å². The van der Waals surface area contributed by atoms with Crippen molar-refractivity contribution >= 4 is 5.91 Å². The number of carbonyl (C=O) groups excluding carboxylic acids is 1. The number of nitrogens with zero attached hydrogens (tertiary/aromatic N) is 2. The minimum Gasteiger partial charge on any atom is -0.349 e. The molecule has 118 valence electrons. The molecule has 4 nitrogen and oxygen atoms in total. The second kappa shape index (κ2) is 10.2. The molecule has 1 aliphatic rings. The highest BCUT2D eigenvalue weighted by Crippen LogP contribution is 2.22. The minimum absolute atomic E-state index is 0.240. The van der Waals surface area contributed by atoms with E-state index in [1.807, 2.05) is 14.1 Å². The van der Waals surface area contributed by atoms with Gasteiger partial charge in [-0.1, -0.05) is 25.7 Å². The molecule has 4 heteroatoms. The van der Waals surface area contributed by atoms with Crippen LogP contribution in [0, 0.1) is 0 Å². The molecule has 0 saturated heterocycles. The summed E-state index contributed by atoms with van der Waals surface area (Å²) in [5.74, 6) is 0.240. The lowest BCUT2D eigenvalue weighted by atomic mass is 10.1. The SMILES string of the molecule is CN(C)C(=O)CCCN(CCCN)C1CCCCCC1. The van der Waals surface area contributed by atoms with E-state index < -0.39 is 0 Å². The molecule has 1 amide bonds. The number of amides is 1. The number of hydrogen-bond acceptors (Lipinski definition) is 3. The van der Waals surface area contributed by atoms with Gasteiger partial charge in [0, 0.05) is 26.6 Å². The second-order valence-electron chi connectivity index (χ2n) is 6.22. The molecule has 1 saturated carbocycles. The zero-order valence-electron chi connectivity index (χ0n) is 13.4. The summed E-state index contributed by atoms with van der Waals surface area (Å²) < 4.78 is 0. The Hall–Kier alpha value is -0.610. The molecule has 0 spiro atoms. The predicted molar refractivity (Wildman–Crippen MR) is 84.7 cm³/mol. The molecule has 1 fully saturated rings. The van der Waals surface area contributed by atoms with Gasteiger partial charge in [0.1, 0.15) is 0 Å². The summed E-state index contributed by atoms with van der Waals surface area (Å²) >= 11 is 0. The van der Waals surface area contributed by atoms with Crippen LogP contribution in [0.1, 0.15) is 57.8 Å². The Balaban J connectivity index is 2.39. The highest BCUT2D eigenvalue weighted by atomic mass is 16.2. The van der Waals surface area contributed by atoms with E-state index in [2.05, 4.69) is 4.90 Å². The fourth-order valence-corrected chi connectivity index (χ4v) is 3.05. The Labute approximate surface area is 124 Å². The number of rotatable bonds is 8. The van der Waals surface area contributed by atoms with E-state index in [4.69, 9.17) is 5.73 Å². The van der Waals surface area contributed by atoms with Crippen molar-refractivity contribution in [2.45, 2.75) is 63.8 Å². The van der Waals surface area contributed by atoms with E-state index in [0.29, 0.717) is 6.42 Å². The first-order valence-electron chi connectivity index (χ1n) is 8.29. The Morgan fingerprint density at radius 2 is 1.65 bits per heavy atom. The van der Waals surface area contributed by atoms with Gasteiger partial charge in [-0.3, -0.25) is 4.79 Å². The molecule has 20 heavy (non-hydrogen) atoms. The van der Waals surface area contributed by atoms with E-state index >= 15 is 0 Å². The van der Waals surface area contributed by atoms with Gasteiger partial charge in [-0.15, -0.1) is 0 Å². The lowest BCUT2D eigenvalue weighted by molar-refractivity contribution is -0.128. The number of carbonyl (C=O) groups is 1. The minimum atomic E-state index is 0.240. The fraction of sp³-hybridized carbons (Fsp3) is 0.938. The summed E-state index contributed by atoms with van der Waals surface area (Å²) in [4.78, 5) is 15.9. The van der Waals surface area contributed by atoms with Crippen molar-refractivity contribution in [3.05, 3.63) is 0 Å². The molecule has 0 aromatic rings. The lowest BCUT2D eigenvalue weighted by Gasteiger charge is -2.31. The molecule has 0 heterocycles. The smallest absolute Gasteiger partial charge is 0.222 e. The highest BCUT2D eigenvalue weighted by molar-refractivity contribution is 5.75. The molecule has 0 aromatic heterocycles. The standard InChI is InChI=1S/C16H33N3O/c1-18(2)16(20)11-7-13-19(14-8-12-17)15-9-5-3-4-6-10-15/h15H,3-14,17H2,1-2H3. The molecule has 1 aliphatic carbocycles. The number of hydrogen-bond donors (Lipinski definition) is 1. The van der Waals surface area contributed by atoms with Gasteiger partial charge in [-0.2, -0.15) is 0 Å². The van der Waals surface area contributed by atoms with Gasteiger partial charge in [0.15, 0.2) is 0 Å². The zero-order valence-corrected chi connectivity index (χ0v) is 13.4. The van der Waals surface area contributed by atoms with Gasteiger partial charge in [0.25, 0.3) is 0 Å². The molecule has 0 atom stereocenters. The highest BCUT2D eigenvalue weighted by Gasteiger charge is 2.19. The van der Waals surface area contributed by atoms with Crippen LogP contribution in [-0.4, -0.2) is 55.5 Å². The molecule has 2 N–H and O–H groups in total. The van der Waals surface area contributed by atoms with Gasteiger partial charge in [-0.05, 0) is 45.3 Å². The van der Waals surface area contributed by atoms with E-state index in [1.165, 1.54) is 38.5 Å². The normalized spacial score (nSPS) is 17.2. The van der Waals surface area contributed by atoms with Crippen LogP contribution < -0.4 is 5.73 Å². The first kappa shape index (κ1) is 17.4. The topological polar surface area (TPSA) is 49.6 Å². The number of nitrogens with two attached hydrogens (primary N) is 1. The molecular formula is C16H33N3O. The molecular weight excluding hydrogens is 250 g/mol. The second-order valence-corrected chi connectivity index (χ2v) is 6.22. The maximum Gasteiger partial charge on any atom is 0.222 e. The lowest BCUT2D eigenvalue weighted by Crippen LogP contribution is -2.37. The van der Waals surface area contributed by atoms with Gasteiger partial charge >= 0.3 is 0 Å². The van der Waals surface area contributed by atoms with Crippen molar-refractivity contribution in [1.29, 1.82) is 0 Å². The summed E-state index contributed by atoms with van der Waals surface area (Å²) in [7, 11) is 3.67. The zero-order chi connectivity index (χ0) is 14.8. The molecule has 0 aromatic carbocycles. The van der Waals surface area contributed by atoms with Crippen molar-refractivity contribution in [3.63, 3.8) is 0 Å². The fourth-order valence-electron chi connectivity index (χ4n) is 3.05. The monoisotopic (exact) mass is 283 g/mol. The summed E-state index contributed by atoms with van der Waals surface area (Å²) in [5.41, 5.74) is 5.67. The molecule has 1 rings (SSSR count). The van der Waals surface area contributed by atoms with Gasteiger partial charge in [-0.25, -0.2) is 0 Å². The third-order valence-corrected chi connectivity index (χ3v) is 4.33. The molecule has 0 bridgehead atoms. The maximum atomic E-state index is 11.7. The Morgan fingerprint density at radius 3 is 2.20 bits per heavy atom. The van der Waals surface area contributed by atoms with Crippen LogP contribution in [0.15, 0.2) is 0 Å². The van der Waals surface area contributed by atoms with E-state index in [1.54, 1.807) is 4.90 Å². The Bertz CT molecular complexity index is 260. The Kier molecular flexibility index (Phi) is 8.86. The van der Waals surface area contributed by atoms with Crippen LogP contribution in [0.4, 0.5) is 0 Å². The van der Waals surface area contributed by atoms with Crippen LogP contribution in [-0.2, 0) is 4.79 Å². The first-order valence-corrected chi connectivity index (χ1v) is 8.29. The molecule has 0 aliphatic heterocycles. The summed E-state index contributed by atoms with van der Waals surface area (Å²) in [5, 5.41) is 0. The average Bonchev–Trinajstić information content (AvgIpc) is 2.71. The quantitative estimate of drug-likeness (QED) is 0.695. The molecule has 0 unspecified atom stereocenters. The van der Waals surface area contributed by atoms with Crippen LogP contribution in [0.3, 0.4) is 0 Å². The predicted octanol–water partition coefficient (Wildman–Crippen LogP) is 2.23. The maximum absolute atomic E-state index is 11.7. The van der Waals surface area contributed by atoms with Gasteiger partial charge in [0.05, 0.1) is 0 Å². The van der Waals surface area contributed by atoms with E-state index in [9.17, 15) is 4.79 Å². The third-order valence-electron chi connectivity index (χ3n) is 4.33. The van der Waals surface area contributed by atoms with Crippen molar-refractivity contribution in [3.8, 4) is 0 Å². The molecule has 0 radical (unpaired) electrons. The summed E-state index contributed by atoms with van der Waals surface area (Å²) in [6, 6.07) is 0.721. The van der Waals surface area contributed by atoms with Gasteiger partial charge in [0.2, 0.25) is 5.91 Å². The Morgan fingerprint density at radius 1 is 1.05 bits per heavy atom. The first-order chi connectivity index (χ1) is 9.65. The summed E-state index contributed by atoms with van der Waals surface area (Å²) in [6.45, 7) is 2.90. The van der Waals surface area contributed by atoms with Gasteiger partial charge < -0.3 is 15.5 Å². The largest absolute Gasteiger partial charge is 0.349 e. The average molecular weight is 283 g/mol. The van der Waals surface area contributed by atoms with Crippen molar-refractivity contribution in [1.82, 2.24) is 9.80 Å².